The number of rotatable bonds is 4. The molecule has 0 fully saturated rings. The molecule has 1 aromatic heterocycles. The summed E-state index contributed by atoms with van der Waals surface area (Å²) in [6.45, 7) is 4.17. The first-order valence-electron chi connectivity index (χ1n) is 8.89. The summed E-state index contributed by atoms with van der Waals surface area (Å²) in [6, 6.07) is 21.3. The van der Waals surface area contributed by atoms with Crippen LogP contribution in [0.5, 0.6) is 5.75 Å². The maximum Gasteiger partial charge on any atom is 0.119 e. The van der Waals surface area contributed by atoms with E-state index in [9.17, 15) is 0 Å². The highest BCUT2D eigenvalue weighted by molar-refractivity contribution is 7.98. The number of hydrogen-bond acceptors (Lipinski definition) is 3. The minimum absolute atomic E-state index is 0.882. The highest BCUT2D eigenvalue weighted by atomic mass is 32.2. The molecule has 27 heavy (non-hydrogen) atoms. The first kappa shape index (κ1) is 17.7. The molecule has 0 radical (unpaired) electrons. The van der Waals surface area contributed by atoms with Crippen LogP contribution in [0, 0.1) is 13.8 Å². The zero-order valence-corrected chi connectivity index (χ0v) is 16.8. The molecule has 0 bridgehead atoms. The Labute approximate surface area is 164 Å². The minimum Gasteiger partial charge on any atom is -0.497 e. The fourth-order valence-corrected chi connectivity index (χ4v) is 3.92. The molecule has 0 saturated heterocycles. The number of imidazole rings is 1. The highest BCUT2D eigenvalue weighted by Gasteiger charge is 2.12. The van der Waals surface area contributed by atoms with Gasteiger partial charge in [-0.2, -0.15) is 0 Å². The molecule has 0 atom stereocenters. The van der Waals surface area contributed by atoms with E-state index in [1.807, 2.05) is 6.07 Å². The van der Waals surface area contributed by atoms with Crippen molar-refractivity contribution in [3.05, 3.63) is 72.1 Å². The molecule has 0 spiro atoms. The van der Waals surface area contributed by atoms with E-state index in [4.69, 9.17) is 9.72 Å². The Hall–Kier alpha value is -2.72. The SMILES string of the molecule is COc1ccc(-c2ccc3nc(C)n(-c4ccc(SC)cc4)c3c2)c(C)c1. The van der Waals surface area contributed by atoms with Crippen molar-refractivity contribution in [2.75, 3.05) is 13.4 Å². The zero-order valence-electron chi connectivity index (χ0n) is 16.0. The Bertz CT molecular complexity index is 1110. The molecule has 0 saturated carbocycles. The molecule has 4 heteroatoms. The molecule has 0 N–H and O–H groups in total. The Morgan fingerprint density at radius 3 is 2.37 bits per heavy atom. The lowest BCUT2D eigenvalue weighted by Gasteiger charge is -2.11. The second-order valence-electron chi connectivity index (χ2n) is 6.58. The number of ether oxygens (including phenoxy) is 1. The third-order valence-corrected chi connectivity index (χ3v) is 5.64. The van der Waals surface area contributed by atoms with Crippen LogP contribution in [0.3, 0.4) is 0 Å². The highest BCUT2D eigenvalue weighted by Crippen LogP contribution is 2.31. The topological polar surface area (TPSA) is 27.1 Å². The number of aryl methyl sites for hydroxylation is 2. The molecule has 0 amide bonds. The lowest BCUT2D eigenvalue weighted by molar-refractivity contribution is 0.414. The van der Waals surface area contributed by atoms with Crippen LogP contribution in [0.1, 0.15) is 11.4 Å². The summed E-state index contributed by atoms with van der Waals surface area (Å²) in [7, 11) is 1.70. The van der Waals surface area contributed by atoms with Crippen molar-refractivity contribution in [2.45, 2.75) is 18.7 Å². The number of benzene rings is 3. The number of thioether (sulfide) groups is 1. The van der Waals surface area contributed by atoms with Crippen LogP contribution < -0.4 is 4.74 Å². The van der Waals surface area contributed by atoms with Gasteiger partial charge in [0.2, 0.25) is 0 Å². The van der Waals surface area contributed by atoms with E-state index in [1.165, 1.54) is 21.6 Å². The predicted octanol–water partition coefficient (Wildman–Crippen LogP) is 6.04. The molecule has 4 aromatic rings. The summed E-state index contributed by atoms with van der Waals surface area (Å²) in [5.41, 5.74) is 6.86. The Morgan fingerprint density at radius 1 is 0.926 bits per heavy atom. The van der Waals surface area contributed by atoms with Crippen molar-refractivity contribution in [3.8, 4) is 22.6 Å². The Balaban J connectivity index is 1.86. The minimum atomic E-state index is 0.882. The predicted molar refractivity (Wildman–Crippen MR) is 114 cm³/mol. The van der Waals surface area contributed by atoms with Crippen LogP contribution in [-0.4, -0.2) is 22.9 Å². The average Bonchev–Trinajstić information content (AvgIpc) is 3.02. The standard InChI is InChI=1S/C23H22N2OS/c1-15-13-19(26-3)8-11-21(15)17-5-12-22-23(14-17)25(16(2)24-22)18-6-9-20(27-4)10-7-18/h5-14H,1-4H3. The Morgan fingerprint density at radius 2 is 1.70 bits per heavy atom. The van der Waals surface area contributed by atoms with Crippen LogP contribution in [-0.2, 0) is 0 Å². The van der Waals surface area contributed by atoms with E-state index in [0.717, 1.165) is 28.3 Å². The molecule has 3 nitrogen and oxygen atoms in total. The maximum absolute atomic E-state index is 5.34. The van der Waals surface area contributed by atoms with Gasteiger partial charge in [-0.25, -0.2) is 4.98 Å². The van der Waals surface area contributed by atoms with E-state index in [2.05, 4.69) is 79.3 Å². The van der Waals surface area contributed by atoms with Crippen molar-refractivity contribution in [1.29, 1.82) is 0 Å². The van der Waals surface area contributed by atoms with E-state index >= 15 is 0 Å². The summed E-state index contributed by atoms with van der Waals surface area (Å²) in [4.78, 5) is 6.01. The van der Waals surface area contributed by atoms with Crippen molar-refractivity contribution in [2.24, 2.45) is 0 Å². The zero-order chi connectivity index (χ0) is 19.0. The van der Waals surface area contributed by atoms with Crippen LogP contribution >= 0.6 is 11.8 Å². The first-order valence-corrected chi connectivity index (χ1v) is 10.1. The van der Waals surface area contributed by atoms with Gasteiger partial charge in [0.25, 0.3) is 0 Å². The molecule has 0 unspecified atom stereocenters. The Kier molecular flexibility index (Phi) is 4.66. The second kappa shape index (κ2) is 7.12. The van der Waals surface area contributed by atoms with Crippen LogP contribution in [0.15, 0.2) is 65.6 Å². The van der Waals surface area contributed by atoms with Crippen molar-refractivity contribution >= 4 is 22.8 Å². The van der Waals surface area contributed by atoms with Crippen LogP contribution in [0.25, 0.3) is 27.8 Å². The molecular formula is C23H22N2OS. The van der Waals surface area contributed by atoms with Gasteiger partial charge < -0.3 is 4.74 Å². The summed E-state index contributed by atoms with van der Waals surface area (Å²) < 4.78 is 7.56. The molecular weight excluding hydrogens is 352 g/mol. The molecule has 4 rings (SSSR count). The van der Waals surface area contributed by atoms with Crippen molar-refractivity contribution in [1.82, 2.24) is 9.55 Å². The van der Waals surface area contributed by atoms with Gasteiger partial charge in [-0.1, -0.05) is 12.1 Å². The smallest absolute Gasteiger partial charge is 0.119 e. The third kappa shape index (κ3) is 3.21. The number of aromatic nitrogens is 2. The third-order valence-electron chi connectivity index (χ3n) is 4.90. The largest absolute Gasteiger partial charge is 0.497 e. The van der Waals surface area contributed by atoms with Crippen molar-refractivity contribution in [3.63, 3.8) is 0 Å². The number of hydrogen-bond donors (Lipinski definition) is 0. The number of nitrogens with zero attached hydrogens (tertiary/aromatic N) is 2. The van der Waals surface area contributed by atoms with Gasteiger partial charge in [-0.15, -0.1) is 11.8 Å². The summed E-state index contributed by atoms with van der Waals surface area (Å²) in [5, 5.41) is 0. The molecule has 0 aliphatic carbocycles. The maximum atomic E-state index is 5.34. The van der Waals surface area contributed by atoms with Crippen LogP contribution in [0.4, 0.5) is 0 Å². The lowest BCUT2D eigenvalue weighted by atomic mass is 10.00. The van der Waals surface area contributed by atoms with E-state index in [1.54, 1.807) is 18.9 Å². The van der Waals surface area contributed by atoms with E-state index in [-0.39, 0.29) is 0 Å². The van der Waals surface area contributed by atoms with Gasteiger partial charge in [0.1, 0.15) is 11.6 Å². The fourth-order valence-electron chi connectivity index (χ4n) is 3.51. The number of methoxy groups -OCH3 is 1. The monoisotopic (exact) mass is 374 g/mol. The lowest BCUT2D eigenvalue weighted by Crippen LogP contribution is -1.96. The molecule has 136 valence electrons. The summed E-state index contributed by atoms with van der Waals surface area (Å²) in [5.74, 6) is 1.87. The van der Waals surface area contributed by atoms with Gasteiger partial charge in [-0.3, -0.25) is 4.57 Å². The molecule has 0 aliphatic heterocycles. The van der Waals surface area contributed by atoms with Gasteiger partial charge in [0, 0.05) is 10.6 Å². The normalized spacial score (nSPS) is 11.1. The summed E-state index contributed by atoms with van der Waals surface area (Å²) >= 11 is 1.75. The van der Waals surface area contributed by atoms with Gasteiger partial charge in [0.05, 0.1) is 18.1 Å². The quantitative estimate of drug-likeness (QED) is 0.408. The molecule has 0 aliphatic rings. The molecule has 1 heterocycles. The molecule has 3 aromatic carbocycles. The van der Waals surface area contributed by atoms with E-state index in [0.29, 0.717) is 0 Å². The van der Waals surface area contributed by atoms with Crippen LogP contribution in [0.2, 0.25) is 0 Å². The first-order chi connectivity index (χ1) is 13.1. The summed E-state index contributed by atoms with van der Waals surface area (Å²) in [6.07, 6.45) is 2.09. The van der Waals surface area contributed by atoms with Crippen molar-refractivity contribution < 1.29 is 4.74 Å². The van der Waals surface area contributed by atoms with E-state index < -0.39 is 0 Å². The van der Waals surface area contributed by atoms with Gasteiger partial charge in [-0.05, 0) is 85.3 Å². The fraction of sp³-hybridized carbons (Fsp3) is 0.174. The number of fused-ring (bicyclic) bond motifs is 1. The average molecular weight is 375 g/mol. The van der Waals surface area contributed by atoms with Gasteiger partial charge in [0.15, 0.2) is 0 Å². The van der Waals surface area contributed by atoms with Gasteiger partial charge >= 0.3 is 0 Å². The second-order valence-corrected chi connectivity index (χ2v) is 7.46.